The topological polar surface area (TPSA) is 56.0 Å². The highest BCUT2D eigenvalue weighted by molar-refractivity contribution is 5.81. The minimum absolute atomic E-state index is 0.629. The van der Waals surface area contributed by atoms with Gasteiger partial charge in [0.25, 0.3) is 0 Å². The Morgan fingerprint density at radius 1 is 0.485 bits per heavy atom. The Kier molecular flexibility index (Phi) is 4.70. The molecule has 3 aromatic heterocycles. The molecule has 6 rings (SSSR count). The molecule has 156 valence electrons. The van der Waals surface area contributed by atoms with E-state index in [2.05, 4.69) is 21.5 Å². The summed E-state index contributed by atoms with van der Waals surface area (Å²) in [6.45, 7) is 0. The van der Waals surface area contributed by atoms with Crippen molar-refractivity contribution in [3.8, 4) is 45.4 Å². The van der Waals surface area contributed by atoms with E-state index in [0.29, 0.717) is 17.5 Å². The van der Waals surface area contributed by atoms with Gasteiger partial charge < -0.3 is 0 Å². The van der Waals surface area contributed by atoms with Crippen LogP contribution >= 0.6 is 0 Å². The summed E-state index contributed by atoms with van der Waals surface area (Å²) in [4.78, 5) is 19.2. The van der Waals surface area contributed by atoms with Crippen LogP contribution in [0.3, 0.4) is 0 Å². The van der Waals surface area contributed by atoms with E-state index in [9.17, 15) is 0 Å². The van der Waals surface area contributed by atoms with Crippen LogP contribution in [0.5, 0.6) is 0 Å². The van der Waals surface area contributed by atoms with Gasteiger partial charge in [-0.05, 0) is 12.1 Å². The van der Waals surface area contributed by atoms with Crippen molar-refractivity contribution in [2.75, 3.05) is 0 Å². The average molecular weight is 425 g/mol. The first-order valence-corrected chi connectivity index (χ1v) is 10.8. The minimum atomic E-state index is 0.629. The summed E-state index contributed by atoms with van der Waals surface area (Å²) in [5.74, 6) is 1.92. The molecule has 0 fully saturated rings. The molecule has 0 aliphatic rings. The zero-order valence-corrected chi connectivity index (χ0v) is 17.7. The van der Waals surface area contributed by atoms with Gasteiger partial charge in [-0.1, -0.05) is 91.0 Å². The predicted octanol–water partition coefficient (Wildman–Crippen LogP) is 6.19. The Labute approximate surface area is 191 Å². The van der Waals surface area contributed by atoms with Crippen LogP contribution in [-0.4, -0.2) is 24.3 Å². The number of rotatable bonds is 4. The molecule has 0 N–H and O–H groups in total. The van der Waals surface area contributed by atoms with Gasteiger partial charge in [-0.3, -0.25) is 4.40 Å². The van der Waals surface area contributed by atoms with Gasteiger partial charge in [0, 0.05) is 28.5 Å². The van der Waals surface area contributed by atoms with E-state index in [1.807, 2.05) is 103 Å². The molecule has 0 saturated carbocycles. The lowest BCUT2D eigenvalue weighted by Crippen LogP contribution is -2.01. The van der Waals surface area contributed by atoms with Gasteiger partial charge in [-0.15, -0.1) is 0 Å². The van der Waals surface area contributed by atoms with Gasteiger partial charge in [0.1, 0.15) is 5.65 Å². The Bertz CT molecular complexity index is 1500. The Morgan fingerprint density at radius 3 is 1.70 bits per heavy atom. The SMILES string of the molecule is c1ccc(-c2nc(-c3ccccc3)nc(-c3ccccc3-c3cnc4ccccn34)n2)cc1. The van der Waals surface area contributed by atoms with Crippen molar-refractivity contribution in [3.05, 3.63) is 116 Å². The summed E-state index contributed by atoms with van der Waals surface area (Å²) < 4.78 is 2.08. The zero-order valence-electron chi connectivity index (χ0n) is 17.7. The number of hydrogen-bond donors (Lipinski definition) is 0. The van der Waals surface area contributed by atoms with E-state index in [-0.39, 0.29) is 0 Å². The molecule has 0 unspecified atom stereocenters. The number of hydrogen-bond acceptors (Lipinski definition) is 4. The molecule has 0 spiro atoms. The van der Waals surface area contributed by atoms with Crippen molar-refractivity contribution < 1.29 is 0 Å². The fourth-order valence-corrected chi connectivity index (χ4v) is 3.96. The molecule has 5 nitrogen and oxygen atoms in total. The van der Waals surface area contributed by atoms with Crippen molar-refractivity contribution in [2.24, 2.45) is 0 Å². The van der Waals surface area contributed by atoms with E-state index in [1.54, 1.807) is 0 Å². The fraction of sp³-hybridized carbons (Fsp3) is 0. The van der Waals surface area contributed by atoms with E-state index in [4.69, 9.17) is 15.0 Å². The quantitative estimate of drug-likeness (QED) is 0.338. The maximum Gasteiger partial charge on any atom is 0.164 e. The summed E-state index contributed by atoms with van der Waals surface area (Å²) in [6.07, 6.45) is 3.91. The van der Waals surface area contributed by atoms with Crippen LogP contribution < -0.4 is 0 Å². The van der Waals surface area contributed by atoms with E-state index >= 15 is 0 Å². The first kappa shape index (κ1) is 19.1. The molecule has 0 atom stereocenters. The molecule has 0 amide bonds. The van der Waals surface area contributed by atoms with Crippen LogP contribution in [0.15, 0.2) is 116 Å². The van der Waals surface area contributed by atoms with Gasteiger partial charge in [0.15, 0.2) is 17.5 Å². The average Bonchev–Trinajstić information content (AvgIpc) is 3.33. The second kappa shape index (κ2) is 8.13. The van der Waals surface area contributed by atoms with E-state index in [1.165, 1.54) is 0 Å². The summed E-state index contributed by atoms with van der Waals surface area (Å²) >= 11 is 0. The number of aromatic nitrogens is 5. The Morgan fingerprint density at radius 2 is 1.03 bits per heavy atom. The molecule has 6 aromatic rings. The Hall–Kier alpha value is -4.64. The van der Waals surface area contributed by atoms with Crippen LogP contribution in [0.4, 0.5) is 0 Å². The summed E-state index contributed by atoms with van der Waals surface area (Å²) in [5, 5.41) is 0. The molecular formula is C28H19N5. The van der Waals surface area contributed by atoms with Crippen LogP contribution in [-0.2, 0) is 0 Å². The van der Waals surface area contributed by atoms with Gasteiger partial charge in [-0.25, -0.2) is 19.9 Å². The molecule has 0 saturated heterocycles. The van der Waals surface area contributed by atoms with Crippen molar-refractivity contribution in [3.63, 3.8) is 0 Å². The molecule has 3 aromatic carbocycles. The van der Waals surface area contributed by atoms with Crippen molar-refractivity contribution in [1.82, 2.24) is 24.3 Å². The third kappa shape index (κ3) is 3.55. The van der Waals surface area contributed by atoms with Crippen LogP contribution in [0.2, 0.25) is 0 Å². The maximum absolute atomic E-state index is 4.90. The number of imidazole rings is 1. The number of benzene rings is 3. The van der Waals surface area contributed by atoms with E-state index < -0.39 is 0 Å². The minimum Gasteiger partial charge on any atom is -0.300 e. The van der Waals surface area contributed by atoms with Crippen LogP contribution in [0.25, 0.3) is 51.1 Å². The molecule has 5 heteroatoms. The monoisotopic (exact) mass is 425 g/mol. The van der Waals surface area contributed by atoms with Crippen LogP contribution in [0.1, 0.15) is 0 Å². The third-order valence-corrected chi connectivity index (χ3v) is 5.56. The molecular weight excluding hydrogens is 406 g/mol. The molecule has 0 aliphatic carbocycles. The van der Waals surface area contributed by atoms with Crippen molar-refractivity contribution in [1.29, 1.82) is 0 Å². The zero-order chi connectivity index (χ0) is 22.0. The van der Waals surface area contributed by atoms with Gasteiger partial charge in [0.2, 0.25) is 0 Å². The van der Waals surface area contributed by atoms with Crippen molar-refractivity contribution >= 4 is 5.65 Å². The number of fused-ring (bicyclic) bond motifs is 1. The summed E-state index contributed by atoms with van der Waals surface area (Å²) in [5.41, 5.74) is 5.73. The molecule has 0 aliphatic heterocycles. The second-order valence-corrected chi connectivity index (χ2v) is 7.66. The maximum atomic E-state index is 4.90. The lowest BCUT2D eigenvalue weighted by Gasteiger charge is -2.11. The number of pyridine rings is 1. The third-order valence-electron chi connectivity index (χ3n) is 5.56. The number of nitrogens with zero attached hydrogens (tertiary/aromatic N) is 5. The first-order valence-electron chi connectivity index (χ1n) is 10.8. The van der Waals surface area contributed by atoms with Gasteiger partial charge in [-0.2, -0.15) is 0 Å². The standard InChI is InChI=1S/C28H19N5/c1-3-11-20(12-4-1)26-30-27(21-13-5-2-6-14-21)32-28(31-26)23-16-8-7-15-22(23)24-19-29-25-17-9-10-18-33(24)25/h1-19H. The van der Waals surface area contributed by atoms with Crippen LogP contribution in [0, 0.1) is 0 Å². The molecule has 33 heavy (non-hydrogen) atoms. The highest BCUT2D eigenvalue weighted by Gasteiger charge is 2.17. The highest BCUT2D eigenvalue weighted by Crippen LogP contribution is 2.32. The smallest absolute Gasteiger partial charge is 0.164 e. The normalized spacial score (nSPS) is 11.0. The predicted molar refractivity (Wildman–Crippen MR) is 130 cm³/mol. The molecule has 3 heterocycles. The summed E-state index contributed by atoms with van der Waals surface area (Å²) in [6, 6.07) is 34.2. The second-order valence-electron chi connectivity index (χ2n) is 7.66. The lowest BCUT2D eigenvalue weighted by atomic mass is 10.0. The Balaban J connectivity index is 1.59. The van der Waals surface area contributed by atoms with Gasteiger partial charge >= 0.3 is 0 Å². The highest BCUT2D eigenvalue weighted by atomic mass is 15.0. The summed E-state index contributed by atoms with van der Waals surface area (Å²) in [7, 11) is 0. The first-order chi connectivity index (χ1) is 16.4. The van der Waals surface area contributed by atoms with Crippen molar-refractivity contribution in [2.45, 2.75) is 0 Å². The largest absolute Gasteiger partial charge is 0.300 e. The van der Waals surface area contributed by atoms with E-state index in [0.717, 1.165) is 33.6 Å². The van der Waals surface area contributed by atoms with Gasteiger partial charge in [0.05, 0.1) is 11.9 Å². The fourth-order valence-electron chi connectivity index (χ4n) is 3.96. The molecule has 0 bridgehead atoms. The lowest BCUT2D eigenvalue weighted by molar-refractivity contribution is 1.07. The molecule has 0 radical (unpaired) electrons.